The van der Waals surface area contributed by atoms with E-state index in [1.807, 2.05) is 50.2 Å². The number of hydrogen-bond acceptors (Lipinski definition) is 5. The van der Waals surface area contributed by atoms with Gasteiger partial charge in [0.1, 0.15) is 11.3 Å². The highest BCUT2D eigenvalue weighted by Crippen LogP contribution is 2.25. The summed E-state index contributed by atoms with van der Waals surface area (Å²) in [6, 6.07) is 16.1. The van der Waals surface area contributed by atoms with E-state index in [4.69, 9.17) is 9.72 Å². The third-order valence-electron chi connectivity index (χ3n) is 5.40. The summed E-state index contributed by atoms with van der Waals surface area (Å²) in [7, 11) is 1.64. The van der Waals surface area contributed by atoms with Crippen molar-refractivity contribution in [3.8, 4) is 5.75 Å². The van der Waals surface area contributed by atoms with E-state index >= 15 is 0 Å². The molecule has 7 heteroatoms. The Labute approximate surface area is 185 Å². The highest BCUT2D eigenvalue weighted by molar-refractivity contribution is 7.98. The van der Waals surface area contributed by atoms with Crippen LogP contribution in [0.5, 0.6) is 5.75 Å². The quantitative estimate of drug-likeness (QED) is 0.315. The molecule has 4 rings (SSSR count). The van der Waals surface area contributed by atoms with E-state index in [0.717, 1.165) is 22.8 Å². The van der Waals surface area contributed by atoms with Crippen LogP contribution in [0.25, 0.3) is 11.0 Å². The van der Waals surface area contributed by atoms with E-state index in [-0.39, 0.29) is 5.56 Å². The number of aryl methyl sites for hydroxylation is 3. The van der Waals surface area contributed by atoms with Crippen LogP contribution in [0.4, 0.5) is 0 Å². The lowest BCUT2D eigenvalue weighted by atomic mass is 10.1. The van der Waals surface area contributed by atoms with E-state index < -0.39 is 0 Å². The number of nitrogens with zero attached hydrogens (tertiary/aromatic N) is 4. The normalized spacial score (nSPS) is 11.2. The Bertz CT molecular complexity index is 1280. The van der Waals surface area contributed by atoms with Crippen molar-refractivity contribution in [2.45, 2.75) is 44.8 Å². The SMILES string of the molecule is CCn1nc(C)c2nc(SCc3ccccc3C)n(Cc3ccc(OC)cc3)c(=O)c21. The predicted molar refractivity (Wildman–Crippen MR) is 125 cm³/mol. The maximum Gasteiger partial charge on any atom is 0.280 e. The minimum Gasteiger partial charge on any atom is -0.497 e. The number of rotatable bonds is 7. The summed E-state index contributed by atoms with van der Waals surface area (Å²) < 4.78 is 8.77. The molecule has 2 heterocycles. The topological polar surface area (TPSA) is 61.9 Å². The van der Waals surface area contributed by atoms with E-state index in [1.54, 1.807) is 28.1 Å². The van der Waals surface area contributed by atoms with Crippen molar-refractivity contribution in [1.29, 1.82) is 0 Å². The Morgan fingerprint density at radius 1 is 1.06 bits per heavy atom. The van der Waals surface area contributed by atoms with E-state index in [2.05, 4.69) is 24.2 Å². The van der Waals surface area contributed by atoms with Crippen LogP contribution in [0.2, 0.25) is 0 Å². The van der Waals surface area contributed by atoms with Gasteiger partial charge < -0.3 is 4.74 Å². The van der Waals surface area contributed by atoms with Gasteiger partial charge in [0, 0.05) is 12.3 Å². The van der Waals surface area contributed by atoms with Crippen LogP contribution in [-0.2, 0) is 18.8 Å². The first kappa shape index (κ1) is 21.2. The average Bonchev–Trinajstić information content (AvgIpc) is 3.11. The third-order valence-corrected chi connectivity index (χ3v) is 6.42. The van der Waals surface area contributed by atoms with Gasteiger partial charge in [-0.3, -0.25) is 14.0 Å². The van der Waals surface area contributed by atoms with Gasteiger partial charge in [-0.15, -0.1) is 0 Å². The smallest absolute Gasteiger partial charge is 0.280 e. The summed E-state index contributed by atoms with van der Waals surface area (Å²) in [4.78, 5) is 18.5. The molecule has 0 N–H and O–H groups in total. The fraction of sp³-hybridized carbons (Fsp3) is 0.292. The molecule has 0 saturated carbocycles. The summed E-state index contributed by atoms with van der Waals surface area (Å²) >= 11 is 1.59. The number of methoxy groups -OCH3 is 1. The fourth-order valence-corrected chi connectivity index (χ4v) is 4.66. The Morgan fingerprint density at radius 3 is 2.48 bits per heavy atom. The average molecular weight is 435 g/mol. The maximum atomic E-state index is 13.6. The summed E-state index contributed by atoms with van der Waals surface area (Å²) in [5, 5.41) is 5.23. The summed E-state index contributed by atoms with van der Waals surface area (Å²) in [5.41, 5.74) is 5.45. The zero-order valence-electron chi connectivity index (χ0n) is 18.3. The molecule has 0 aliphatic rings. The molecule has 0 bridgehead atoms. The summed E-state index contributed by atoms with van der Waals surface area (Å²) in [6.07, 6.45) is 0. The van der Waals surface area contributed by atoms with Crippen LogP contribution in [-0.4, -0.2) is 26.4 Å². The zero-order chi connectivity index (χ0) is 22.0. The first-order valence-corrected chi connectivity index (χ1v) is 11.3. The van der Waals surface area contributed by atoms with Crippen LogP contribution >= 0.6 is 11.8 Å². The summed E-state index contributed by atoms with van der Waals surface area (Å²) in [6.45, 7) is 7.06. The van der Waals surface area contributed by atoms with Crippen molar-refractivity contribution in [3.63, 3.8) is 0 Å². The molecule has 0 amide bonds. The van der Waals surface area contributed by atoms with E-state index in [0.29, 0.717) is 29.3 Å². The molecule has 0 fully saturated rings. The predicted octanol–water partition coefficient (Wildman–Crippen LogP) is 4.58. The Kier molecular flexibility index (Phi) is 6.13. The van der Waals surface area contributed by atoms with Crippen molar-refractivity contribution in [3.05, 3.63) is 81.3 Å². The van der Waals surface area contributed by atoms with E-state index in [1.165, 1.54) is 11.1 Å². The molecule has 0 spiro atoms. The van der Waals surface area contributed by atoms with Crippen LogP contribution in [0.1, 0.15) is 29.3 Å². The number of ether oxygens (including phenoxy) is 1. The first-order chi connectivity index (χ1) is 15.0. The molecule has 0 atom stereocenters. The highest BCUT2D eigenvalue weighted by Gasteiger charge is 2.18. The van der Waals surface area contributed by atoms with Gasteiger partial charge in [0.05, 0.1) is 19.3 Å². The molecule has 160 valence electrons. The highest BCUT2D eigenvalue weighted by atomic mass is 32.2. The lowest BCUT2D eigenvalue weighted by molar-refractivity contribution is 0.414. The molecule has 2 aromatic carbocycles. The second kappa shape index (κ2) is 8.98. The van der Waals surface area contributed by atoms with Crippen LogP contribution in [0, 0.1) is 13.8 Å². The van der Waals surface area contributed by atoms with Gasteiger partial charge in [0.2, 0.25) is 0 Å². The summed E-state index contributed by atoms with van der Waals surface area (Å²) in [5.74, 6) is 1.53. The van der Waals surface area contributed by atoms with Gasteiger partial charge in [0.25, 0.3) is 5.56 Å². The minimum atomic E-state index is -0.0597. The second-order valence-corrected chi connectivity index (χ2v) is 8.39. The monoisotopic (exact) mass is 434 g/mol. The van der Waals surface area contributed by atoms with E-state index in [9.17, 15) is 4.79 Å². The second-order valence-electron chi connectivity index (χ2n) is 7.45. The molecular formula is C24H26N4O2S. The first-order valence-electron chi connectivity index (χ1n) is 10.3. The fourth-order valence-electron chi connectivity index (χ4n) is 3.59. The van der Waals surface area contributed by atoms with Crippen molar-refractivity contribution in [1.82, 2.24) is 19.3 Å². The molecule has 0 unspecified atom stereocenters. The van der Waals surface area contributed by atoms with Gasteiger partial charge in [-0.05, 0) is 49.6 Å². The molecule has 0 aliphatic carbocycles. The maximum absolute atomic E-state index is 13.6. The number of benzene rings is 2. The van der Waals surface area contributed by atoms with Gasteiger partial charge in [0.15, 0.2) is 10.7 Å². The molecule has 0 radical (unpaired) electrons. The van der Waals surface area contributed by atoms with Crippen LogP contribution < -0.4 is 10.3 Å². The van der Waals surface area contributed by atoms with Crippen LogP contribution in [0.3, 0.4) is 0 Å². The van der Waals surface area contributed by atoms with Gasteiger partial charge in [-0.25, -0.2) is 4.98 Å². The van der Waals surface area contributed by atoms with Crippen molar-refractivity contribution in [2.24, 2.45) is 0 Å². The number of fused-ring (bicyclic) bond motifs is 1. The van der Waals surface area contributed by atoms with Crippen molar-refractivity contribution < 1.29 is 4.74 Å². The number of thioether (sulfide) groups is 1. The Balaban J connectivity index is 1.79. The van der Waals surface area contributed by atoms with Crippen molar-refractivity contribution in [2.75, 3.05) is 7.11 Å². The standard InChI is InChI=1S/C24H26N4O2S/c1-5-28-22-21(17(3)26-28)25-24(31-15-19-9-7-6-8-16(19)2)27(23(22)29)14-18-10-12-20(30-4)13-11-18/h6-13H,5,14-15H2,1-4H3. The van der Waals surface area contributed by atoms with Gasteiger partial charge >= 0.3 is 0 Å². The Morgan fingerprint density at radius 2 is 1.81 bits per heavy atom. The largest absolute Gasteiger partial charge is 0.497 e. The molecule has 0 aliphatic heterocycles. The van der Waals surface area contributed by atoms with Gasteiger partial charge in [-0.2, -0.15) is 5.10 Å². The molecule has 6 nitrogen and oxygen atoms in total. The molecule has 2 aromatic heterocycles. The molecular weight excluding hydrogens is 408 g/mol. The molecule has 31 heavy (non-hydrogen) atoms. The lowest BCUT2D eigenvalue weighted by Crippen LogP contribution is -2.25. The zero-order valence-corrected chi connectivity index (χ0v) is 19.1. The minimum absolute atomic E-state index is 0.0597. The molecule has 4 aromatic rings. The van der Waals surface area contributed by atoms with Gasteiger partial charge in [-0.1, -0.05) is 48.2 Å². The lowest BCUT2D eigenvalue weighted by Gasteiger charge is -2.14. The Hall–Kier alpha value is -3.06. The molecule has 0 saturated heterocycles. The van der Waals surface area contributed by atoms with Crippen LogP contribution in [0.15, 0.2) is 58.5 Å². The number of aromatic nitrogens is 4. The third kappa shape index (κ3) is 4.23. The van der Waals surface area contributed by atoms with Crippen molar-refractivity contribution >= 4 is 22.8 Å². The number of hydrogen-bond donors (Lipinski definition) is 0.